The predicted octanol–water partition coefficient (Wildman–Crippen LogP) is 6.49. The number of imidazole rings is 1. The molecule has 2 aliphatic rings. The summed E-state index contributed by atoms with van der Waals surface area (Å²) < 4.78 is 19.0. The highest BCUT2D eigenvalue weighted by Gasteiger charge is 2.28. The van der Waals surface area contributed by atoms with Gasteiger partial charge in [-0.25, -0.2) is 4.98 Å². The van der Waals surface area contributed by atoms with E-state index >= 15 is 0 Å². The summed E-state index contributed by atoms with van der Waals surface area (Å²) in [5, 5.41) is 4.22. The molecule has 8 heteroatoms. The summed E-state index contributed by atoms with van der Waals surface area (Å²) in [6.45, 7) is 4.05. The van der Waals surface area contributed by atoms with Crippen LogP contribution in [0.1, 0.15) is 53.8 Å². The van der Waals surface area contributed by atoms with Crippen LogP contribution >= 0.6 is 11.6 Å². The number of hydrogen-bond acceptors (Lipinski definition) is 6. The molecule has 2 aliphatic heterocycles. The van der Waals surface area contributed by atoms with E-state index in [-0.39, 0.29) is 18.0 Å². The van der Waals surface area contributed by atoms with Crippen molar-refractivity contribution in [3.05, 3.63) is 82.1 Å². The van der Waals surface area contributed by atoms with Gasteiger partial charge in [0.25, 0.3) is 0 Å². The molecule has 6 rings (SSSR count). The van der Waals surface area contributed by atoms with Crippen LogP contribution in [0.25, 0.3) is 16.7 Å². The number of benzene rings is 3. The summed E-state index contributed by atoms with van der Waals surface area (Å²) in [5.41, 5.74) is 7.34. The maximum absolute atomic E-state index is 11.7. The number of hydrogen-bond donors (Lipinski definition) is 1. The number of carbonyl (C=O) groups excluding carboxylic acids is 1. The first-order valence-corrected chi connectivity index (χ1v) is 13.4. The molecular formula is C30H30ClN3O4. The van der Waals surface area contributed by atoms with Crippen molar-refractivity contribution < 1.29 is 19.0 Å². The van der Waals surface area contributed by atoms with Gasteiger partial charge in [-0.05, 0) is 61.2 Å². The smallest absolute Gasteiger partial charge is 0.306 e. The Kier molecular flexibility index (Phi) is 6.72. The molecule has 2 atom stereocenters. The van der Waals surface area contributed by atoms with E-state index in [1.165, 1.54) is 18.2 Å². The van der Waals surface area contributed by atoms with Crippen LogP contribution in [0, 0.1) is 6.92 Å². The summed E-state index contributed by atoms with van der Waals surface area (Å²) in [6, 6.07) is 18.3. The third kappa shape index (κ3) is 4.61. The Morgan fingerprint density at radius 2 is 2.11 bits per heavy atom. The first kappa shape index (κ1) is 24.8. The van der Waals surface area contributed by atoms with Gasteiger partial charge >= 0.3 is 5.97 Å². The fraction of sp³-hybridized carbons (Fsp3) is 0.333. The number of aromatic nitrogens is 2. The van der Waals surface area contributed by atoms with Crippen LogP contribution in [0.4, 0.5) is 5.69 Å². The summed E-state index contributed by atoms with van der Waals surface area (Å²) in [5.74, 6) is 1.55. The standard InChI is InChI=1S/C30H30ClN3O4/c1-18-19(16-32-22-9-10-23-20(13-29(35)36-2)17-38-28(23)15-22)5-3-6-25(18)34-26-11-8-21(31)14-24(26)33-30(34)27-7-4-12-37-27/h3,5-6,8-11,14-15,20,27,32H,4,7,12-13,16-17H2,1-2H3/t20-,27?/m1/s1. The molecule has 3 heterocycles. The molecule has 1 unspecified atom stereocenters. The lowest BCUT2D eigenvalue weighted by Crippen LogP contribution is -2.10. The lowest BCUT2D eigenvalue weighted by molar-refractivity contribution is -0.141. The molecule has 1 saturated heterocycles. The SMILES string of the molecule is COC(=O)C[C@@H]1COc2cc(NCc3cccc(-n4c(C5CCCO5)nc5cc(Cl)ccc54)c3C)ccc21. The van der Waals surface area contributed by atoms with Crippen LogP contribution in [-0.2, 0) is 20.8 Å². The van der Waals surface area contributed by atoms with Crippen LogP contribution in [0.3, 0.4) is 0 Å². The Morgan fingerprint density at radius 1 is 1.21 bits per heavy atom. The van der Waals surface area contributed by atoms with Gasteiger partial charge in [0.1, 0.15) is 17.7 Å². The van der Waals surface area contributed by atoms with E-state index in [2.05, 4.69) is 35.0 Å². The predicted molar refractivity (Wildman–Crippen MR) is 147 cm³/mol. The van der Waals surface area contributed by atoms with Gasteiger partial charge in [0, 0.05) is 41.4 Å². The highest BCUT2D eigenvalue weighted by Crippen LogP contribution is 2.38. The molecular weight excluding hydrogens is 502 g/mol. The second kappa shape index (κ2) is 10.3. The third-order valence-electron chi connectivity index (χ3n) is 7.54. The number of esters is 1. The summed E-state index contributed by atoms with van der Waals surface area (Å²) in [4.78, 5) is 16.7. The zero-order valence-corrected chi connectivity index (χ0v) is 22.3. The third-order valence-corrected chi connectivity index (χ3v) is 7.77. The Bertz CT molecular complexity index is 1510. The molecule has 0 bridgehead atoms. The molecule has 4 aromatic rings. The van der Waals surface area contributed by atoms with E-state index < -0.39 is 0 Å². The maximum atomic E-state index is 11.7. The first-order valence-electron chi connectivity index (χ1n) is 13.0. The molecule has 0 saturated carbocycles. The van der Waals surface area contributed by atoms with Gasteiger partial charge < -0.3 is 19.5 Å². The Balaban J connectivity index is 1.27. The quantitative estimate of drug-likeness (QED) is 0.275. The van der Waals surface area contributed by atoms with Gasteiger partial charge in [-0.15, -0.1) is 0 Å². The van der Waals surface area contributed by atoms with Crippen LogP contribution < -0.4 is 10.1 Å². The minimum atomic E-state index is -0.222. The molecule has 3 aromatic carbocycles. The Morgan fingerprint density at radius 3 is 2.92 bits per heavy atom. The minimum Gasteiger partial charge on any atom is -0.493 e. The van der Waals surface area contributed by atoms with Gasteiger partial charge in [-0.3, -0.25) is 9.36 Å². The average molecular weight is 532 g/mol. The van der Waals surface area contributed by atoms with Crippen molar-refractivity contribution in [3.8, 4) is 11.4 Å². The van der Waals surface area contributed by atoms with Crippen molar-refractivity contribution >= 4 is 34.3 Å². The number of methoxy groups -OCH3 is 1. The average Bonchev–Trinajstić information content (AvgIpc) is 3.67. The van der Waals surface area contributed by atoms with Gasteiger partial charge in [0.05, 0.1) is 36.9 Å². The number of ether oxygens (including phenoxy) is 3. The number of halogens is 1. The van der Waals surface area contributed by atoms with Crippen molar-refractivity contribution in [1.29, 1.82) is 0 Å². The van der Waals surface area contributed by atoms with E-state index in [4.69, 9.17) is 30.8 Å². The van der Waals surface area contributed by atoms with Gasteiger partial charge in [0.2, 0.25) is 0 Å². The fourth-order valence-corrected chi connectivity index (χ4v) is 5.63. The van der Waals surface area contributed by atoms with E-state index in [1.54, 1.807) is 0 Å². The van der Waals surface area contributed by atoms with E-state index in [9.17, 15) is 4.79 Å². The zero-order valence-electron chi connectivity index (χ0n) is 21.5. The maximum Gasteiger partial charge on any atom is 0.306 e. The molecule has 38 heavy (non-hydrogen) atoms. The number of anilines is 1. The highest BCUT2D eigenvalue weighted by atomic mass is 35.5. The van der Waals surface area contributed by atoms with Crippen LogP contribution in [0.2, 0.25) is 5.02 Å². The van der Waals surface area contributed by atoms with Gasteiger partial charge in [0.15, 0.2) is 0 Å². The van der Waals surface area contributed by atoms with E-state index in [0.29, 0.717) is 24.6 Å². The van der Waals surface area contributed by atoms with E-state index in [0.717, 1.165) is 59.0 Å². The largest absolute Gasteiger partial charge is 0.493 e. The highest BCUT2D eigenvalue weighted by molar-refractivity contribution is 6.31. The number of fused-ring (bicyclic) bond motifs is 2. The lowest BCUT2D eigenvalue weighted by atomic mass is 9.97. The molecule has 1 aromatic heterocycles. The number of carbonyl (C=O) groups is 1. The Labute approximate surface area is 226 Å². The normalized spacial score (nSPS) is 18.4. The number of nitrogens with one attached hydrogen (secondary N) is 1. The molecule has 196 valence electrons. The van der Waals surface area contributed by atoms with Gasteiger partial charge in [-0.1, -0.05) is 29.8 Å². The molecule has 0 amide bonds. The van der Waals surface area contributed by atoms with Crippen molar-refractivity contribution in [2.45, 2.75) is 44.8 Å². The second-order valence-corrected chi connectivity index (χ2v) is 10.3. The Hall–Kier alpha value is -3.55. The minimum absolute atomic E-state index is 0.0308. The summed E-state index contributed by atoms with van der Waals surface area (Å²) in [6.07, 6.45) is 2.28. The topological polar surface area (TPSA) is 74.6 Å². The van der Waals surface area contributed by atoms with Crippen molar-refractivity contribution in [3.63, 3.8) is 0 Å². The number of rotatable bonds is 7. The molecule has 0 radical (unpaired) electrons. The zero-order chi connectivity index (χ0) is 26.2. The van der Waals surface area contributed by atoms with Crippen molar-refractivity contribution in [1.82, 2.24) is 9.55 Å². The second-order valence-electron chi connectivity index (χ2n) is 9.90. The molecule has 7 nitrogen and oxygen atoms in total. The van der Waals surface area contributed by atoms with Crippen LogP contribution in [0.5, 0.6) is 5.75 Å². The van der Waals surface area contributed by atoms with Crippen molar-refractivity contribution in [2.75, 3.05) is 25.6 Å². The van der Waals surface area contributed by atoms with E-state index in [1.807, 2.05) is 36.4 Å². The van der Waals surface area contributed by atoms with Crippen LogP contribution in [0.15, 0.2) is 54.6 Å². The molecule has 0 aliphatic carbocycles. The monoisotopic (exact) mass is 531 g/mol. The number of nitrogens with zero attached hydrogens (tertiary/aromatic N) is 2. The van der Waals surface area contributed by atoms with Crippen LogP contribution in [-0.4, -0.2) is 35.8 Å². The molecule has 0 spiro atoms. The first-order chi connectivity index (χ1) is 18.5. The van der Waals surface area contributed by atoms with Crippen molar-refractivity contribution in [2.24, 2.45) is 0 Å². The fourth-order valence-electron chi connectivity index (χ4n) is 5.46. The van der Waals surface area contributed by atoms with Gasteiger partial charge in [-0.2, -0.15) is 0 Å². The summed E-state index contributed by atoms with van der Waals surface area (Å²) in [7, 11) is 1.41. The molecule has 1 fully saturated rings. The summed E-state index contributed by atoms with van der Waals surface area (Å²) >= 11 is 6.30. The molecule has 1 N–H and O–H groups in total. The lowest BCUT2D eigenvalue weighted by Gasteiger charge is -2.18.